The van der Waals surface area contributed by atoms with Crippen molar-refractivity contribution in [3.63, 3.8) is 0 Å². The van der Waals surface area contributed by atoms with E-state index >= 15 is 0 Å². The van der Waals surface area contributed by atoms with Gasteiger partial charge in [0.1, 0.15) is 12.1 Å². The fourth-order valence-electron chi connectivity index (χ4n) is 8.48. The van der Waals surface area contributed by atoms with E-state index in [1.54, 1.807) is 12.1 Å². The molecule has 4 atom stereocenters. The number of piperidine rings is 1. The minimum atomic E-state index is -1.16. The van der Waals surface area contributed by atoms with Crippen LogP contribution in [0.15, 0.2) is 54.6 Å². The van der Waals surface area contributed by atoms with Crippen molar-refractivity contribution >= 4 is 18.0 Å². The standard InChI is InChI=1S/C40H45N2O11/c1-39(2)18-26(19-40(3,4)42(39)46)52-38(45)41-28(12-22-10-8-7-9-11-22)36(43)53-35-31(47-5)15-24(16-32(35)48-6)33-27-17-30-29(50-21-51-30)14-23(27)13-25-20-49-37(44)34(25)33/h7-11,14-17,25-26,28,33-34H,12-13,18-21H2,1-6H3,(H,41,45)/t25-,28-,33+,34-/m0/s1. The van der Waals surface area contributed by atoms with Gasteiger partial charge in [0, 0.05) is 42.2 Å². The van der Waals surface area contributed by atoms with Gasteiger partial charge in [-0.1, -0.05) is 30.3 Å². The lowest BCUT2D eigenvalue weighted by Gasteiger charge is -2.49. The summed E-state index contributed by atoms with van der Waals surface area (Å²) in [6, 6.07) is 15.4. The first-order valence-electron chi connectivity index (χ1n) is 17.8. The number of hydrogen-bond donors (Lipinski definition) is 1. The van der Waals surface area contributed by atoms with Gasteiger partial charge in [-0.3, -0.25) is 4.79 Å². The van der Waals surface area contributed by atoms with Gasteiger partial charge in [-0.05, 0) is 80.6 Å². The summed E-state index contributed by atoms with van der Waals surface area (Å²) in [5.74, 6) is -0.366. The van der Waals surface area contributed by atoms with Gasteiger partial charge in [0.05, 0.1) is 26.7 Å². The molecule has 1 aliphatic carbocycles. The maximum atomic E-state index is 14.0. The molecule has 53 heavy (non-hydrogen) atoms. The SMILES string of the molecule is COc1cc([C@@H]2c3cc4c(cc3C[C@H]3COC(=O)[C@@H]32)OCO4)cc(OC)c1OC(=O)[C@H](Cc1ccccc1)NC(=O)OC1CC(C)(C)N([O])C(C)(C)C1. The van der Waals surface area contributed by atoms with E-state index in [-0.39, 0.29) is 42.3 Å². The number of rotatable bonds is 9. The number of hydrogen-bond acceptors (Lipinski definition) is 11. The van der Waals surface area contributed by atoms with E-state index in [1.807, 2.05) is 70.2 Å². The summed E-state index contributed by atoms with van der Waals surface area (Å²) in [5, 5.41) is 16.6. The van der Waals surface area contributed by atoms with Crippen molar-refractivity contribution in [2.45, 2.75) is 82.5 Å². The van der Waals surface area contributed by atoms with E-state index in [1.165, 1.54) is 14.2 Å². The maximum absolute atomic E-state index is 14.0. The van der Waals surface area contributed by atoms with E-state index < -0.39 is 47.1 Å². The average molecular weight is 730 g/mol. The molecule has 3 aromatic rings. The number of carbonyl (C=O) groups is 3. The largest absolute Gasteiger partial charge is 0.493 e. The van der Waals surface area contributed by atoms with Gasteiger partial charge in [0.15, 0.2) is 23.0 Å². The molecule has 0 saturated carbocycles. The number of esters is 2. The molecule has 13 nitrogen and oxygen atoms in total. The fourth-order valence-corrected chi connectivity index (χ4v) is 8.48. The van der Waals surface area contributed by atoms with Gasteiger partial charge in [0.2, 0.25) is 12.5 Å². The first-order valence-corrected chi connectivity index (χ1v) is 17.8. The van der Waals surface area contributed by atoms with Gasteiger partial charge in [-0.15, -0.1) is 10.3 Å². The molecule has 281 valence electrons. The monoisotopic (exact) mass is 729 g/mol. The Labute approximate surface area is 308 Å². The van der Waals surface area contributed by atoms with Gasteiger partial charge in [0.25, 0.3) is 0 Å². The Morgan fingerprint density at radius 2 is 1.57 bits per heavy atom. The molecule has 0 unspecified atom stereocenters. The predicted octanol–water partition coefficient (Wildman–Crippen LogP) is 5.52. The zero-order chi connectivity index (χ0) is 37.7. The van der Waals surface area contributed by atoms with Gasteiger partial charge >= 0.3 is 18.0 Å². The topological polar surface area (TPSA) is 151 Å². The Morgan fingerprint density at radius 3 is 2.21 bits per heavy atom. The van der Waals surface area contributed by atoms with Gasteiger partial charge < -0.3 is 38.5 Å². The zero-order valence-corrected chi connectivity index (χ0v) is 30.8. The van der Waals surface area contributed by atoms with Crippen LogP contribution in [0.2, 0.25) is 0 Å². The average Bonchev–Trinajstić information content (AvgIpc) is 3.74. The molecule has 3 aromatic carbocycles. The summed E-state index contributed by atoms with van der Waals surface area (Å²) in [6.07, 6.45) is 0.0599. The predicted molar refractivity (Wildman–Crippen MR) is 188 cm³/mol. The first kappa shape index (κ1) is 36.4. The lowest BCUT2D eigenvalue weighted by atomic mass is 9.67. The van der Waals surface area contributed by atoms with Crippen molar-refractivity contribution in [3.8, 4) is 28.7 Å². The Morgan fingerprint density at radius 1 is 0.925 bits per heavy atom. The van der Waals surface area contributed by atoms with Crippen LogP contribution in [0.25, 0.3) is 0 Å². The smallest absolute Gasteiger partial charge is 0.408 e. The normalized spacial score (nSPS) is 23.2. The summed E-state index contributed by atoms with van der Waals surface area (Å²) < 4.78 is 40.3. The molecule has 7 rings (SSSR count). The Bertz CT molecular complexity index is 1850. The number of alkyl carbamates (subject to hydrolysis) is 1. The van der Waals surface area contributed by atoms with Crippen molar-refractivity contribution in [1.82, 2.24) is 10.4 Å². The molecule has 2 fully saturated rings. The summed E-state index contributed by atoms with van der Waals surface area (Å²) in [7, 11) is 2.89. The Balaban J connectivity index is 1.17. The lowest BCUT2D eigenvalue weighted by molar-refractivity contribution is -0.298. The van der Waals surface area contributed by atoms with Crippen LogP contribution in [0, 0.1) is 11.8 Å². The van der Waals surface area contributed by atoms with E-state index in [0.29, 0.717) is 42.9 Å². The van der Waals surface area contributed by atoms with Crippen LogP contribution in [0.4, 0.5) is 4.79 Å². The van der Waals surface area contributed by atoms with Crippen molar-refractivity contribution in [3.05, 3.63) is 76.9 Å². The fraction of sp³-hybridized carbons (Fsp3) is 0.475. The number of fused-ring (bicyclic) bond motifs is 3. The summed E-state index contributed by atoms with van der Waals surface area (Å²) in [4.78, 5) is 40.6. The number of cyclic esters (lactones) is 1. The van der Waals surface area contributed by atoms with E-state index in [9.17, 15) is 19.6 Å². The molecule has 13 heteroatoms. The highest BCUT2D eigenvalue weighted by molar-refractivity contribution is 5.84. The molecule has 0 spiro atoms. The molecular formula is C40H45N2O11. The van der Waals surface area contributed by atoms with Crippen LogP contribution in [-0.2, 0) is 37.1 Å². The zero-order valence-electron chi connectivity index (χ0n) is 30.8. The summed E-state index contributed by atoms with van der Waals surface area (Å²) >= 11 is 0. The number of hydroxylamine groups is 2. The van der Waals surface area contributed by atoms with E-state index in [4.69, 9.17) is 33.2 Å². The second-order valence-corrected chi connectivity index (χ2v) is 15.4. The number of carbonyl (C=O) groups excluding carboxylic acids is 3. The second-order valence-electron chi connectivity index (χ2n) is 15.4. The van der Waals surface area contributed by atoms with Crippen molar-refractivity contribution in [2.24, 2.45) is 11.8 Å². The molecule has 0 bridgehead atoms. The molecule has 2 saturated heterocycles. The molecule has 4 aliphatic rings. The highest BCUT2D eigenvalue weighted by atomic mass is 16.7. The third-order valence-corrected chi connectivity index (χ3v) is 10.8. The minimum absolute atomic E-state index is 0.00978. The minimum Gasteiger partial charge on any atom is -0.493 e. The molecule has 1 amide bonds. The number of amides is 1. The molecule has 3 aliphatic heterocycles. The molecule has 0 aromatic heterocycles. The van der Waals surface area contributed by atoms with Crippen LogP contribution in [0.1, 0.15) is 68.7 Å². The van der Waals surface area contributed by atoms with Crippen LogP contribution >= 0.6 is 0 Å². The van der Waals surface area contributed by atoms with Crippen LogP contribution < -0.4 is 29.0 Å². The van der Waals surface area contributed by atoms with Crippen molar-refractivity contribution in [2.75, 3.05) is 27.6 Å². The third-order valence-electron chi connectivity index (χ3n) is 10.8. The Hall–Kier alpha value is -5.01. The third kappa shape index (κ3) is 7.07. The molecule has 3 heterocycles. The lowest BCUT2D eigenvalue weighted by Crippen LogP contribution is -2.60. The number of nitrogens with one attached hydrogen (secondary N) is 1. The van der Waals surface area contributed by atoms with Crippen LogP contribution in [-0.4, -0.2) is 73.9 Å². The maximum Gasteiger partial charge on any atom is 0.408 e. The molecular weight excluding hydrogens is 684 g/mol. The number of methoxy groups -OCH3 is 2. The first-order chi connectivity index (χ1) is 25.3. The highest BCUT2D eigenvalue weighted by Gasteiger charge is 2.49. The summed E-state index contributed by atoms with van der Waals surface area (Å²) in [5.41, 5.74) is 1.90. The number of nitrogens with zero attached hydrogens (tertiary/aromatic N) is 1. The highest BCUT2D eigenvalue weighted by Crippen LogP contribution is 2.52. The summed E-state index contributed by atoms with van der Waals surface area (Å²) in [6.45, 7) is 7.69. The van der Waals surface area contributed by atoms with Gasteiger partial charge in [-0.25, -0.2) is 9.59 Å². The van der Waals surface area contributed by atoms with Gasteiger partial charge in [-0.2, -0.15) is 0 Å². The number of benzene rings is 3. The van der Waals surface area contributed by atoms with E-state index in [0.717, 1.165) is 21.8 Å². The van der Waals surface area contributed by atoms with Crippen LogP contribution in [0.3, 0.4) is 0 Å². The van der Waals surface area contributed by atoms with Crippen LogP contribution in [0.5, 0.6) is 28.7 Å². The molecule has 1 N–H and O–H groups in total. The quantitative estimate of drug-likeness (QED) is 0.219. The van der Waals surface area contributed by atoms with Crippen molar-refractivity contribution < 1.29 is 52.7 Å². The second kappa shape index (κ2) is 14.1. The van der Waals surface area contributed by atoms with E-state index in [2.05, 4.69) is 5.32 Å². The molecule has 1 radical (unpaired) electrons. The van der Waals surface area contributed by atoms with Crippen molar-refractivity contribution in [1.29, 1.82) is 0 Å². The number of ether oxygens (including phenoxy) is 7. The Kier molecular flexibility index (Phi) is 9.66.